The van der Waals surface area contributed by atoms with Crippen molar-refractivity contribution in [2.75, 3.05) is 10.6 Å². The third-order valence-electron chi connectivity index (χ3n) is 3.11. The molecule has 0 aliphatic carbocycles. The maximum absolute atomic E-state index is 12.3. The lowest BCUT2D eigenvalue weighted by Gasteiger charge is -2.07. The summed E-state index contributed by atoms with van der Waals surface area (Å²) in [5.74, 6) is -0.781. The molecule has 0 saturated carbocycles. The number of nitriles is 1. The van der Waals surface area contributed by atoms with E-state index >= 15 is 0 Å². The van der Waals surface area contributed by atoms with E-state index in [0.717, 1.165) is 0 Å². The zero-order valence-corrected chi connectivity index (χ0v) is 14.7. The summed E-state index contributed by atoms with van der Waals surface area (Å²) in [6.07, 6.45) is 1.44. The second kappa shape index (κ2) is 8.34. The molecule has 0 atom stereocenters. The molecule has 0 saturated heterocycles. The number of nitrogens with one attached hydrogen (secondary N) is 2. The molecule has 0 aliphatic rings. The summed E-state index contributed by atoms with van der Waals surface area (Å²) in [5.41, 5.74) is 1.49. The van der Waals surface area contributed by atoms with Gasteiger partial charge in [0.2, 0.25) is 5.91 Å². The number of hydrogen-bond acceptors (Lipinski definition) is 3. The van der Waals surface area contributed by atoms with Gasteiger partial charge < -0.3 is 10.6 Å². The molecular weight excluding hydrogens is 361 g/mol. The van der Waals surface area contributed by atoms with Gasteiger partial charge in [-0.25, -0.2) is 0 Å². The largest absolute Gasteiger partial charge is 0.326 e. The standard InChI is InChI=1S/C18H13Cl2N3O2/c1-11(24)22-14-7-5-12(6-8-14)9-13(10-21)18(25)23-16-4-2-3-15(19)17(16)20/h2-9H,1H3,(H,22,24)(H,23,25)/b13-9+. The summed E-state index contributed by atoms with van der Waals surface area (Å²) in [6, 6.07) is 13.4. The Morgan fingerprint density at radius 3 is 2.36 bits per heavy atom. The van der Waals surface area contributed by atoms with Gasteiger partial charge in [-0.2, -0.15) is 5.26 Å². The molecule has 2 aromatic rings. The maximum atomic E-state index is 12.3. The molecule has 0 fully saturated rings. The molecule has 0 spiro atoms. The van der Waals surface area contributed by atoms with E-state index < -0.39 is 5.91 Å². The van der Waals surface area contributed by atoms with Crippen molar-refractivity contribution in [3.8, 4) is 6.07 Å². The number of hydrogen-bond donors (Lipinski definition) is 2. The highest BCUT2D eigenvalue weighted by Gasteiger charge is 2.12. The number of carbonyl (C=O) groups excluding carboxylic acids is 2. The van der Waals surface area contributed by atoms with Crippen LogP contribution in [0.5, 0.6) is 0 Å². The van der Waals surface area contributed by atoms with Crippen LogP contribution in [0.2, 0.25) is 10.0 Å². The number of rotatable bonds is 4. The Kier molecular flexibility index (Phi) is 6.18. The first-order valence-corrected chi connectivity index (χ1v) is 7.91. The summed E-state index contributed by atoms with van der Waals surface area (Å²) < 4.78 is 0. The smallest absolute Gasteiger partial charge is 0.266 e. The van der Waals surface area contributed by atoms with Gasteiger partial charge in [-0.1, -0.05) is 41.4 Å². The summed E-state index contributed by atoms with van der Waals surface area (Å²) in [6.45, 7) is 1.41. The number of nitrogens with zero attached hydrogens (tertiary/aromatic N) is 1. The van der Waals surface area contributed by atoms with Crippen molar-refractivity contribution in [3.05, 3.63) is 63.6 Å². The van der Waals surface area contributed by atoms with Crippen LogP contribution in [-0.4, -0.2) is 11.8 Å². The third kappa shape index (κ3) is 5.08. The molecule has 2 N–H and O–H groups in total. The fraction of sp³-hybridized carbons (Fsp3) is 0.0556. The molecule has 25 heavy (non-hydrogen) atoms. The van der Waals surface area contributed by atoms with Gasteiger partial charge in [0.05, 0.1) is 15.7 Å². The van der Waals surface area contributed by atoms with Crippen molar-refractivity contribution in [1.82, 2.24) is 0 Å². The molecule has 0 heterocycles. The molecule has 2 rings (SSSR count). The fourth-order valence-electron chi connectivity index (χ4n) is 1.97. The second-order valence-corrected chi connectivity index (χ2v) is 5.81. The van der Waals surface area contributed by atoms with Crippen LogP contribution >= 0.6 is 23.2 Å². The molecule has 2 amide bonds. The number of benzene rings is 2. The monoisotopic (exact) mass is 373 g/mol. The molecule has 5 nitrogen and oxygen atoms in total. The van der Waals surface area contributed by atoms with Gasteiger partial charge in [0.15, 0.2) is 0 Å². The molecule has 0 aliphatic heterocycles. The first-order valence-electron chi connectivity index (χ1n) is 7.15. The van der Waals surface area contributed by atoms with Gasteiger partial charge in [0.25, 0.3) is 5.91 Å². The van der Waals surface area contributed by atoms with Gasteiger partial charge in [0.1, 0.15) is 11.6 Å². The molecule has 0 unspecified atom stereocenters. The van der Waals surface area contributed by atoms with Crippen molar-refractivity contribution in [2.45, 2.75) is 6.92 Å². The predicted octanol–water partition coefficient (Wildman–Crippen LogP) is 4.50. The van der Waals surface area contributed by atoms with Gasteiger partial charge in [0, 0.05) is 12.6 Å². The predicted molar refractivity (Wildman–Crippen MR) is 99.4 cm³/mol. The van der Waals surface area contributed by atoms with Crippen molar-refractivity contribution in [3.63, 3.8) is 0 Å². The zero-order valence-electron chi connectivity index (χ0n) is 13.1. The van der Waals surface area contributed by atoms with Crippen molar-refractivity contribution < 1.29 is 9.59 Å². The molecule has 2 aromatic carbocycles. The van der Waals surface area contributed by atoms with Gasteiger partial charge >= 0.3 is 0 Å². The lowest BCUT2D eigenvalue weighted by molar-refractivity contribution is -0.114. The van der Waals surface area contributed by atoms with Crippen LogP contribution in [0.4, 0.5) is 11.4 Å². The fourth-order valence-corrected chi connectivity index (χ4v) is 2.32. The van der Waals surface area contributed by atoms with E-state index in [-0.39, 0.29) is 16.5 Å². The van der Waals surface area contributed by atoms with Crippen LogP contribution in [0.15, 0.2) is 48.0 Å². The van der Waals surface area contributed by atoms with Crippen molar-refractivity contribution in [2.24, 2.45) is 0 Å². The van der Waals surface area contributed by atoms with Crippen LogP contribution in [0, 0.1) is 11.3 Å². The SMILES string of the molecule is CC(=O)Nc1ccc(/C=C(\C#N)C(=O)Nc2cccc(Cl)c2Cl)cc1. The Morgan fingerprint density at radius 1 is 1.08 bits per heavy atom. The highest BCUT2D eigenvalue weighted by molar-refractivity contribution is 6.44. The summed E-state index contributed by atoms with van der Waals surface area (Å²) >= 11 is 11.9. The average molecular weight is 374 g/mol. The Hall–Kier alpha value is -2.81. The minimum absolute atomic E-state index is 0.0941. The number of halogens is 2. The van der Waals surface area contributed by atoms with Crippen LogP contribution in [-0.2, 0) is 9.59 Å². The van der Waals surface area contributed by atoms with Crippen LogP contribution in [0.1, 0.15) is 12.5 Å². The maximum Gasteiger partial charge on any atom is 0.266 e. The van der Waals surface area contributed by atoms with Gasteiger partial charge in [-0.3, -0.25) is 9.59 Å². The zero-order chi connectivity index (χ0) is 18.4. The Bertz CT molecular complexity index is 884. The first kappa shape index (κ1) is 18.5. The molecule has 0 radical (unpaired) electrons. The summed E-state index contributed by atoms with van der Waals surface area (Å²) in [5, 5.41) is 14.9. The number of carbonyl (C=O) groups is 2. The van der Waals surface area contributed by atoms with Crippen LogP contribution in [0.25, 0.3) is 6.08 Å². The summed E-state index contributed by atoms with van der Waals surface area (Å²) in [4.78, 5) is 23.3. The molecular formula is C18H13Cl2N3O2. The summed E-state index contributed by atoms with van der Waals surface area (Å²) in [7, 11) is 0. The van der Waals surface area contributed by atoms with E-state index in [4.69, 9.17) is 23.2 Å². The Labute approximate surface area is 154 Å². The minimum atomic E-state index is -0.599. The highest BCUT2D eigenvalue weighted by Crippen LogP contribution is 2.29. The topological polar surface area (TPSA) is 82.0 Å². The van der Waals surface area contributed by atoms with Gasteiger partial charge in [-0.05, 0) is 35.9 Å². The quantitative estimate of drug-likeness (QED) is 0.611. The molecule has 126 valence electrons. The normalized spacial score (nSPS) is 10.7. The third-order valence-corrected chi connectivity index (χ3v) is 3.93. The first-order chi connectivity index (χ1) is 11.9. The van der Waals surface area contributed by atoms with E-state index in [0.29, 0.717) is 22.0 Å². The average Bonchev–Trinajstić information content (AvgIpc) is 2.57. The van der Waals surface area contributed by atoms with E-state index in [1.165, 1.54) is 13.0 Å². The lowest BCUT2D eigenvalue weighted by Crippen LogP contribution is -2.13. The Balaban J connectivity index is 2.19. The number of amides is 2. The minimum Gasteiger partial charge on any atom is -0.326 e. The van der Waals surface area contributed by atoms with Crippen molar-refractivity contribution in [1.29, 1.82) is 5.26 Å². The number of anilines is 2. The van der Waals surface area contributed by atoms with E-state index in [1.54, 1.807) is 42.5 Å². The molecule has 0 bridgehead atoms. The van der Waals surface area contributed by atoms with Crippen molar-refractivity contribution >= 4 is 52.5 Å². The van der Waals surface area contributed by atoms with E-state index in [9.17, 15) is 14.9 Å². The Morgan fingerprint density at radius 2 is 1.76 bits per heavy atom. The van der Waals surface area contributed by atoms with Crippen LogP contribution < -0.4 is 10.6 Å². The molecule has 7 heteroatoms. The second-order valence-electron chi connectivity index (χ2n) is 5.03. The lowest BCUT2D eigenvalue weighted by atomic mass is 10.1. The highest BCUT2D eigenvalue weighted by atomic mass is 35.5. The van der Waals surface area contributed by atoms with E-state index in [2.05, 4.69) is 10.6 Å². The van der Waals surface area contributed by atoms with Gasteiger partial charge in [-0.15, -0.1) is 0 Å². The molecule has 0 aromatic heterocycles. The van der Waals surface area contributed by atoms with Crippen LogP contribution in [0.3, 0.4) is 0 Å². The van der Waals surface area contributed by atoms with E-state index in [1.807, 2.05) is 6.07 Å².